The Kier molecular flexibility index (Phi) is 3.16. The lowest BCUT2D eigenvalue weighted by Crippen LogP contribution is -2.37. The number of thiazole rings is 1. The van der Waals surface area contributed by atoms with Crippen LogP contribution in [0.1, 0.15) is 24.3 Å². The minimum Gasteiger partial charge on any atom is -0.376 e. The number of halogens is 1. The molecule has 1 aliphatic heterocycles. The van der Waals surface area contributed by atoms with Crippen molar-refractivity contribution in [3.05, 3.63) is 15.5 Å². The van der Waals surface area contributed by atoms with Gasteiger partial charge in [0.05, 0.1) is 12.3 Å². The maximum Gasteiger partial charge on any atom is 0.113 e. The Labute approximate surface area is 104 Å². The maximum atomic E-state index is 5.85. The van der Waals surface area contributed by atoms with Gasteiger partial charge in [-0.15, -0.1) is 11.3 Å². The van der Waals surface area contributed by atoms with E-state index in [0.717, 1.165) is 34.8 Å². The number of ether oxygens (including phenoxy) is 1. The van der Waals surface area contributed by atoms with Gasteiger partial charge < -0.3 is 10.1 Å². The highest BCUT2D eigenvalue weighted by Gasteiger charge is 2.40. The minimum absolute atomic E-state index is 0.440. The summed E-state index contributed by atoms with van der Waals surface area (Å²) in [5.41, 5.74) is 0. The molecule has 2 aliphatic rings. The third-order valence-electron chi connectivity index (χ3n) is 3.26. The van der Waals surface area contributed by atoms with Gasteiger partial charge in [-0.3, -0.25) is 0 Å². The summed E-state index contributed by atoms with van der Waals surface area (Å²) in [5.74, 6) is 0.805. The van der Waals surface area contributed by atoms with Crippen molar-refractivity contribution < 1.29 is 4.74 Å². The molecule has 0 amide bonds. The average molecular weight is 259 g/mol. The van der Waals surface area contributed by atoms with Crippen molar-refractivity contribution in [1.82, 2.24) is 10.3 Å². The molecule has 2 heterocycles. The zero-order valence-electron chi connectivity index (χ0n) is 8.99. The summed E-state index contributed by atoms with van der Waals surface area (Å²) in [6, 6.07) is 0.509. The second-order valence-corrected chi connectivity index (χ2v) is 6.25. The first-order valence-corrected chi connectivity index (χ1v) is 6.97. The standard InChI is InChI=1S/C11H15ClN2OS/c12-9-5-14-10(16-9)6-13-8-3-4-15-11(8)7-1-2-7/h5,7-8,11,13H,1-4,6H2. The number of hydrogen-bond donors (Lipinski definition) is 1. The van der Waals surface area contributed by atoms with Crippen LogP contribution in [0.25, 0.3) is 0 Å². The van der Waals surface area contributed by atoms with E-state index in [0.29, 0.717) is 12.1 Å². The minimum atomic E-state index is 0.440. The molecule has 2 atom stereocenters. The number of aromatic nitrogens is 1. The molecule has 1 N–H and O–H groups in total. The third kappa shape index (κ3) is 2.40. The average Bonchev–Trinajstić information content (AvgIpc) is 2.86. The number of nitrogens with zero attached hydrogens (tertiary/aromatic N) is 1. The topological polar surface area (TPSA) is 34.2 Å². The largest absolute Gasteiger partial charge is 0.376 e. The first-order valence-electron chi connectivity index (χ1n) is 5.78. The van der Waals surface area contributed by atoms with Gasteiger partial charge in [0, 0.05) is 19.2 Å². The Morgan fingerprint density at radius 2 is 2.38 bits per heavy atom. The molecular formula is C11H15ClN2OS. The van der Waals surface area contributed by atoms with Gasteiger partial charge in [0.2, 0.25) is 0 Å². The Hall–Kier alpha value is -0.160. The summed E-state index contributed by atoms with van der Waals surface area (Å²) >= 11 is 7.40. The lowest BCUT2D eigenvalue weighted by molar-refractivity contribution is 0.0809. The van der Waals surface area contributed by atoms with Gasteiger partial charge >= 0.3 is 0 Å². The van der Waals surface area contributed by atoms with Crippen LogP contribution >= 0.6 is 22.9 Å². The van der Waals surface area contributed by atoms with Gasteiger partial charge in [-0.25, -0.2) is 4.98 Å². The quantitative estimate of drug-likeness (QED) is 0.901. The van der Waals surface area contributed by atoms with Crippen LogP contribution in [0.5, 0.6) is 0 Å². The van der Waals surface area contributed by atoms with Gasteiger partial charge in [0.25, 0.3) is 0 Å². The number of nitrogens with one attached hydrogen (secondary N) is 1. The second-order valence-electron chi connectivity index (χ2n) is 4.51. The summed E-state index contributed by atoms with van der Waals surface area (Å²) in [4.78, 5) is 4.25. The van der Waals surface area contributed by atoms with Crippen LogP contribution in [-0.2, 0) is 11.3 Å². The Bertz CT molecular complexity index is 367. The van der Waals surface area contributed by atoms with E-state index in [9.17, 15) is 0 Å². The molecular weight excluding hydrogens is 244 g/mol. The van der Waals surface area contributed by atoms with E-state index in [1.165, 1.54) is 12.8 Å². The lowest BCUT2D eigenvalue weighted by Gasteiger charge is -2.18. The van der Waals surface area contributed by atoms with E-state index < -0.39 is 0 Å². The van der Waals surface area contributed by atoms with Crippen molar-refractivity contribution in [2.24, 2.45) is 5.92 Å². The molecule has 0 aromatic carbocycles. The second kappa shape index (κ2) is 4.61. The van der Waals surface area contributed by atoms with Gasteiger partial charge in [0.15, 0.2) is 0 Å². The number of rotatable bonds is 4. The van der Waals surface area contributed by atoms with Crippen molar-refractivity contribution in [3.8, 4) is 0 Å². The fraction of sp³-hybridized carbons (Fsp3) is 0.727. The monoisotopic (exact) mass is 258 g/mol. The molecule has 88 valence electrons. The van der Waals surface area contributed by atoms with Gasteiger partial charge in [0.1, 0.15) is 9.34 Å². The zero-order chi connectivity index (χ0) is 11.0. The van der Waals surface area contributed by atoms with Crippen LogP contribution in [0.4, 0.5) is 0 Å². The highest BCUT2D eigenvalue weighted by molar-refractivity contribution is 7.15. The zero-order valence-corrected chi connectivity index (χ0v) is 10.6. The van der Waals surface area contributed by atoms with Crippen LogP contribution in [0, 0.1) is 5.92 Å². The van der Waals surface area contributed by atoms with Crippen LogP contribution in [0.2, 0.25) is 4.34 Å². The SMILES string of the molecule is Clc1cnc(CNC2CCOC2C2CC2)s1. The van der Waals surface area contributed by atoms with E-state index in [4.69, 9.17) is 16.3 Å². The normalized spacial score (nSPS) is 29.8. The molecule has 3 rings (SSSR count). The van der Waals surface area contributed by atoms with E-state index in [2.05, 4.69) is 10.3 Å². The first-order chi connectivity index (χ1) is 7.83. The van der Waals surface area contributed by atoms with Gasteiger partial charge in [-0.05, 0) is 25.2 Å². The molecule has 0 radical (unpaired) electrons. The van der Waals surface area contributed by atoms with Gasteiger partial charge in [-0.2, -0.15) is 0 Å². The molecule has 2 fully saturated rings. The van der Waals surface area contributed by atoms with Crippen molar-refractivity contribution in [2.45, 2.75) is 38.0 Å². The highest BCUT2D eigenvalue weighted by atomic mass is 35.5. The highest BCUT2D eigenvalue weighted by Crippen LogP contribution is 2.38. The van der Waals surface area contributed by atoms with E-state index >= 15 is 0 Å². The smallest absolute Gasteiger partial charge is 0.113 e. The van der Waals surface area contributed by atoms with E-state index in [-0.39, 0.29) is 0 Å². The molecule has 1 saturated heterocycles. The van der Waals surface area contributed by atoms with Crippen molar-refractivity contribution in [2.75, 3.05) is 6.61 Å². The molecule has 2 unspecified atom stereocenters. The summed E-state index contributed by atoms with van der Waals surface area (Å²) in [7, 11) is 0. The molecule has 1 saturated carbocycles. The Morgan fingerprint density at radius 1 is 1.50 bits per heavy atom. The molecule has 3 nitrogen and oxygen atoms in total. The Balaban J connectivity index is 1.54. The van der Waals surface area contributed by atoms with E-state index in [1.807, 2.05) is 0 Å². The first kappa shape index (κ1) is 11.0. The number of hydrogen-bond acceptors (Lipinski definition) is 4. The van der Waals surface area contributed by atoms with E-state index in [1.54, 1.807) is 17.5 Å². The molecule has 5 heteroatoms. The molecule has 1 aromatic heterocycles. The fourth-order valence-electron chi connectivity index (χ4n) is 2.31. The predicted molar refractivity (Wildman–Crippen MR) is 64.8 cm³/mol. The van der Waals surface area contributed by atoms with Crippen LogP contribution in [0.15, 0.2) is 6.20 Å². The summed E-state index contributed by atoms with van der Waals surface area (Å²) in [5, 5.41) is 4.61. The third-order valence-corrected chi connectivity index (χ3v) is 4.38. The van der Waals surface area contributed by atoms with Crippen molar-refractivity contribution >= 4 is 22.9 Å². The molecule has 0 bridgehead atoms. The fourth-order valence-corrected chi connectivity index (χ4v) is 3.21. The van der Waals surface area contributed by atoms with Crippen molar-refractivity contribution in [1.29, 1.82) is 0 Å². The molecule has 16 heavy (non-hydrogen) atoms. The van der Waals surface area contributed by atoms with Crippen LogP contribution < -0.4 is 5.32 Å². The van der Waals surface area contributed by atoms with Crippen molar-refractivity contribution in [3.63, 3.8) is 0 Å². The predicted octanol–water partition coefficient (Wildman–Crippen LogP) is 2.45. The lowest BCUT2D eigenvalue weighted by atomic mass is 10.1. The van der Waals surface area contributed by atoms with Crippen LogP contribution in [-0.4, -0.2) is 23.7 Å². The summed E-state index contributed by atoms with van der Waals surface area (Å²) < 4.78 is 6.54. The van der Waals surface area contributed by atoms with Crippen LogP contribution in [0.3, 0.4) is 0 Å². The molecule has 0 spiro atoms. The molecule has 1 aromatic rings. The maximum absolute atomic E-state index is 5.85. The molecule has 1 aliphatic carbocycles. The Morgan fingerprint density at radius 3 is 3.06 bits per heavy atom. The van der Waals surface area contributed by atoms with Gasteiger partial charge in [-0.1, -0.05) is 11.6 Å². The summed E-state index contributed by atoms with van der Waals surface area (Å²) in [6.07, 6.45) is 5.96. The summed E-state index contributed by atoms with van der Waals surface area (Å²) in [6.45, 7) is 1.71.